The molecule has 0 unspecified atom stereocenters. The van der Waals surface area contributed by atoms with Crippen molar-refractivity contribution in [3.05, 3.63) is 65.9 Å². The Hall–Kier alpha value is -3.61. The number of H-pyrrole nitrogens is 1. The van der Waals surface area contributed by atoms with Crippen LogP contribution in [0.4, 0.5) is 0 Å². The van der Waals surface area contributed by atoms with Gasteiger partial charge in [0.25, 0.3) is 5.91 Å². The average Bonchev–Trinajstić information content (AvgIpc) is 3.19. The Balaban J connectivity index is 1.67. The number of hydrogen-bond donors (Lipinski definition) is 2. The summed E-state index contributed by atoms with van der Waals surface area (Å²) in [6.45, 7) is 2.47. The molecule has 0 spiro atoms. The number of para-hydroxylation sites is 1. The monoisotopic (exact) mass is 364 g/mol. The maximum Gasteiger partial charge on any atom is 0.289 e. The molecule has 7 nitrogen and oxygen atoms in total. The number of methoxy groups -OCH3 is 1. The van der Waals surface area contributed by atoms with Gasteiger partial charge in [0.2, 0.25) is 0 Å². The fraction of sp³-hybridized carbons (Fsp3) is 0.150. The SMILES string of the molecule is CCOc1ccccc1-c1cc(C(=O)N/N=C\c2ccc(OC)cc2)[nH]n1. The first-order chi connectivity index (χ1) is 13.2. The molecule has 0 saturated heterocycles. The fourth-order valence-corrected chi connectivity index (χ4v) is 2.45. The van der Waals surface area contributed by atoms with E-state index in [1.54, 1.807) is 19.4 Å². The molecule has 7 heteroatoms. The molecule has 2 N–H and O–H groups in total. The number of aromatic amines is 1. The standard InChI is InChI=1S/C20H20N4O3/c1-3-27-19-7-5-4-6-16(19)17-12-18(23-22-17)20(25)24-21-13-14-8-10-15(26-2)11-9-14/h4-13H,3H2,1-2H3,(H,22,23)(H,24,25)/b21-13-. The van der Waals surface area contributed by atoms with Crippen molar-refractivity contribution in [2.45, 2.75) is 6.92 Å². The Bertz CT molecular complexity index is 932. The van der Waals surface area contributed by atoms with Gasteiger partial charge in [0, 0.05) is 5.56 Å². The van der Waals surface area contributed by atoms with Crippen molar-refractivity contribution in [2.75, 3.05) is 13.7 Å². The van der Waals surface area contributed by atoms with Crippen LogP contribution in [0.5, 0.6) is 11.5 Å². The van der Waals surface area contributed by atoms with Gasteiger partial charge in [-0.3, -0.25) is 9.89 Å². The molecule has 2 aromatic carbocycles. The molecular formula is C20H20N4O3. The van der Waals surface area contributed by atoms with Crippen molar-refractivity contribution in [2.24, 2.45) is 5.10 Å². The summed E-state index contributed by atoms with van der Waals surface area (Å²) in [7, 11) is 1.61. The highest BCUT2D eigenvalue weighted by atomic mass is 16.5. The van der Waals surface area contributed by atoms with Crippen LogP contribution in [0, 0.1) is 0 Å². The fourth-order valence-electron chi connectivity index (χ4n) is 2.45. The number of ether oxygens (including phenoxy) is 2. The lowest BCUT2D eigenvalue weighted by molar-refractivity contribution is 0.0950. The Labute approximate surface area is 157 Å². The lowest BCUT2D eigenvalue weighted by atomic mass is 10.1. The van der Waals surface area contributed by atoms with Crippen LogP contribution >= 0.6 is 0 Å². The molecule has 0 aliphatic heterocycles. The van der Waals surface area contributed by atoms with E-state index in [0.717, 1.165) is 22.6 Å². The van der Waals surface area contributed by atoms with E-state index in [9.17, 15) is 4.79 Å². The zero-order chi connectivity index (χ0) is 19.1. The minimum Gasteiger partial charge on any atom is -0.497 e. The van der Waals surface area contributed by atoms with Crippen molar-refractivity contribution >= 4 is 12.1 Å². The van der Waals surface area contributed by atoms with Gasteiger partial charge in [0.05, 0.1) is 25.6 Å². The van der Waals surface area contributed by atoms with Crippen LogP contribution in [0.15, 0.2) is 59.7 Å². The summed E-state index contributed by atoms with van der Waals surface area (Å²) in [5.74, 6) is 1.09. The normalized spacial score (nSPS) is 10.7. The number of aromatic nitrogens is 2. The predicted octanol–water partition coefficient (Wildman–Crippen LogP) is 3.25. The third-order valence-corrected chi connectivity index (χ3v) is 3.78. The Morgan fingerprint density at radius 3 is 2.74 bits per heavy atom. The Morgan fingerprint density at radius 2 is 2.00 bits per heavy atom. The van der Waals surface area contributed by atoms with Crippen LogP contribution in [0.25, 0.3) is 11.3 Å². The number of nitrogens with zero attached hydrogens (tertiary/aromatic N) is 2. The number of carbonyl (C=O) groups is 1. The molecule has 0 aliphatic rings. The maximum absolute atomic E-state index is 12.2. The van der Waals surface area contributed by atoms with Crippen LogP contribution < -0.4 is 14.9 Å². The molecule has 0 aliphatic carbocycles. The van der Waals surface area contributed by atoms with Gasteiger partial charge in [0.15, 0.2) is 0 Å². The third kappa shape index (κ3) is 4.52. The first kappa shape index (κ1) is 18.2. The summed E-state index contributed by atoms with van der Waals surface area (Å²) in [5, 5.41) is 10.9. The van der Waals surface area contributed by atoms with Crippen molar-refractivity contribution in [3.8, 4) is 22.8 Å². The van der Waals surface area contributed by atoms with Gasteiger partial charge in [-0.15, -0.1) is 0 Å². The topological polar surface area (TPSA) is 88.6 Å². The minimum atomic E-state index is -0.382. The van der Waals surface area contributed by atoms with Gasteiger partial charge in [-0.25, -0.2) is 5.43 Å². The number of hydrazone groups is 1. The van der Waals surface area contributed by atoms with E-state index in [-0.39, 0.29) is 5.91 Å². The first-order valence-electron chi connectivity index (χ1n) is 8.46. The number of nitrogens with one attached hydrogen (secondary N) is 2. The molecule has 1 aromatic heterocycles. The molecule has 0 saturated carbocycles. The smallest absolute Gasteiger partial charge is 0.289 e. The molecule has 3 rings (SSSR count). The van der Waals surface area contributed by atoms with Gasteiger partial charge in [-0.2, -0.15) is 10.2 Å². The third-order valence-electron chi connectivity index (χ3n) is 3.78. The molecule has 1 amide bonds. The number of hydrogen-bond acceptors (Lipinski definition) is 5. The van der Waals surface area contributed by atoms with Gasteiger partial charge >= 0.3 is 0 Å². The second kappa shape index (κ2) is 8.66. The molecule has 0 radical (unpaired) electrons. The summed E-state index contributed by atoms with van der Waals surface area (Å²) in [6, 6.07) is 16.5. The van der Waals surface area contributed by atoms with Crippen LogP contribution in [0.2, 0.25) is 0 Å². The number of benzene rings is 2. The van der Waals surface area contributed by atoms with Gasteiger partial charge in [-0.1, -0.05) is 12.1 Å². The summed E-state index contributed by atoms with van der Waals surface area (Å²) >= 11 is 0. The average molecular weight is 364 g/mol. The largest absolute Gasteiger partial charge is 0.497 e. The molecule has 27 heavy (non-hydrogen) atoms. The van der Waals surface area contributed by atoms with E-state index >= 15 is 0 Å². The van der Waals surface area contributed by atoms with Gasteiger partial charge in [0.1, 0.15) is 17.2 Å². The van der Waals surface area contributed by atoms with Gasteiger partial charge in [-0.05, 0) is 55.0 Å². The Kier molecular flexibility index (Phi) is 5.84. The predicted molar refractivity (Wildman–Crippen MR) is 103 cm³/mol. The molecular weight excluding hydrogens is 344 g/mol. The van der Waals surface area contributed by atoms with Crippen LogP contribution in [0.3, 0.4) is 0 Å². The highest BCUT2D eigenvalue weighted by Gasteiger charge is 2.13. The van der Waals surface area contributed by atoms with E-state index in [4.69, 9.17) is 9.47 Å². The molecule has 0 fully saturated rings. The molecule has 138 valence electrons. The van der Waals surface area contributed by atoms with Crippen LogP contribution in [-0.4, -0.2) is 36.0 Å². The van der Waals surface area contributed by atoms with Crippen molar-refractivity contribution in [1.82, 2.24) is 15.6 Å². The van der Waals surface area contributed by atoms with Crippen molar-refractivity contribution < 1.29 is 14.3 Å². The molecule has 0 bridgehead atoms. The van der Waals surface area contributed by atoms with E-state index in [1.165, 1.54) is 0 Å². The second-order valence-corrected chi connectivity index (χ2v) is 5.57. The zero-order valence-electron chi connectivity index (χ0n) is 15.1. The molecule has 3 aromatic rings. The first-order valence-corrected chi connectivity index (χ1v) is 8.46. The lowest BCUT2D eigenvalue weighted by Gasteiger charge is -2.07. The number of rotatable bonds is 7. The highest BCUT2D eigenvalue weighted by Crippen LogP contribution is 2.28. The molecule has 0 atom stereocenters. The summed E-state index contributed by atoms with van der Waals surface area (Å²) < 4.78 is 10.7. The van der Waals surface area contributed by atoms with Crippen molar-refractivity contribution in [3.63, 3.8) is 0 Å². The van der Waals surface area contributed by atoms with E-state index in [2.05, 4.69) is 20.7 Å². The summed E-state index contributed by atoms with van der Waals surface area (Å²) in [4.78, 5) is 12.2. The number of carbonyl (C=O) groups excluding carboxylic acids is 1. The van der Waals surface area contributed by atoms with E-state index in [1.807, 2.05) is 55.5 Å². The lowest BCUT2D eigenvalue weighted by Crippen LogP contribution is -2.17. The van der Waals surface area contributed by atoms with Crippen LogP contribution in [0.1, 0.15) is 23.0 Å². The number of amides is 1. The van der Waals surface area contributed by atoms with Crippen LogP contribution in [-0.2, 0) is 0 Å². The summed E-state index contributed by atoms with van der Waals surface area (Å²) in [5.41, 5.74) is 5.07. The van der Waals surface area contributed by atoms with E-state index < -0.39 is 0 Å². The van der Waals surface area contributed by atoms with E-state index in [0.29, 0.717) is 18.0 Å². The Morgan fingerprint density at radius 1 is 1.22 bits per heavy atom. The zero-order valence-corrected chi connectivity index (χ0v) is 15.1. The minimum absolute atomic E-state index is 0.309. The van der Waals surface area contributed by atoms with Crippen molar-refractivity contribution in [1.29, 1.82) is 0 Å². The highest BCUT2D eigenvalue weighted by molar-refractivity contribution is 5.94. The summed E-state index contributed by atoms with van der Waals surface area (Å²) in [6.07, 6.45) is 1.55. The van der Waals surface area contributed by atoms with Gasteiger partial charge < -0.3 is 9.47 Å². The quantitative estimate of drug-likeness (QED) is 0.497. The second-order valence-electron chi connectivity index (χ2n) is 5.57. The molecule has 1 heterocycles. The maximum atomic E-state index is 12.2.